The number of aromatic amines is 1. The highest BCUT2D eigenvalue weighted by Crippen LogP contribution is 2.27. The van der Waals surface area contributed by atoms with Crippen molar-refractivity contribution in [2.24, 2.45) is 5.92 Å². The molecule has 2 amide bonds. The smallest absolute Gasteiger partial charge is 0.273 e. The Hall–Kier alpha value is -1.86. The Balaban J connectivity index is 1.70. The Kier molecular flexibility index (Phi) is 5.98. The topological polar surface area (TPSA) is 86.9 Å². The number of aromatic nitrogens is 2. The highest BCUT2D eigenvalue weighted by molar-refractivity contribution is 9.10. The first kappa shape index (κ1) is 18.9. The molecule has 6 nitrogen and oxygen atoms in total. The normalized spacial score (nSPS) is 19.8. The molecule has 0 radical (unpaired) electrons. The van der Waals surface area contributed by atoms with E-state index in [-0.39, 0.29) is 23.6 Å². The highest BCUT2D eigenvalue weighted by Gasteiger charge is 2.26. The van der Waals surface area contributed by atoms with Crippen LogP contribution in [0.3, 0.4) is 0 Å². The summed E-state index contributed by atoms with van der Waals surface area (Å²) in [5, 5.41) is 12.8. The van der Waals surface area contributed by atoms with E-state index in [1.165, 1.54) is 6.42 Å². The second-order valence-corrected chi connectivity index (χ2v) is 7.74. The Morgan fingerprint density at radius 1 is 1.23 bits per heavy atom. The fourth-order valence-electron chi connectivity index (χ4n) is 3.16. The standard InChI is InChI=1S/C18H20BrClN4O2/c1-10-6-2-5-9-13(10)21-18(26)15-14(19)16(24-23-15)22-17(25)11-7-3-4-8-12(11)20/h3-4,7-8,10,13H,2,5-6,9H2,1H3,(H,21,26)(H2,22,23,24,25). The van der Waals surface area contributed by atoms with Gasteiger partial charge in [0.15, 0.2) is 5.69 Å². The number of amides is 2. The van der Waals surface area contributed by atoms with Crippen LogP contribution in [-0.2, 0) is 0 Å². The van der Waals surface area contributed by atoms with Gasteiger partial charge in [-0.2, -0.15) is 5.10 Å². The zero-order valence-corrected chi connectivity index (χ0v) is 16.7. The quantitative estimate of drug-likeness (QED) is 0.660. The van der Waals surface area contributed by atoms with Gasteiger partial charge in [-0.15, -0.1) is 0 Å². The summed E-state index contributed by atoms with van der Waals surface area (Å²) in [5.74, 6) is 0.125. The Morgan fingerprint density at radius 2 is 1.96 bits per heavy atom. The minimum atomic E-state index is -0.382. The van der Waals surface area contributed by atoms with Gasteiger partial charge in [-0.1, -0.05) is 43.5 Å². The number of halogens is 2. The van der Waals surface area contributed by atoms with Crippen LogP contribution in [0.15, 0.2) is 28.7 Å². The summed E-state index contributed by atoms with van der Waals surface area (Å²) in [6.45, 7) is 2.15. The van der Waals surface area contributed by atoms with Crippen LogP contribution in [0, 0.1) is 5.92 Å². The van der Waals surface area contributed by atoms with Crippen molar-refractivity contribution >= 4 is 45.2 Å². The highest BCUT2D eigenvalue weighted by atomic mass is 79.9. The number of H-pyrrole nitrogens is 1. The van der Waals surface area contributed by atoms with Gasteiger partial charge in [0, 0.05) is 6.04 Å². The summed E-state index contributed by atoms with van der Waals surface area (Å²) >= 11 is 9.39. The first-order valence-corrected chi connectivity index (χ1v) is 9.75. The van der Waals surface area contributed by atoms with Crippen LogP contribution in [0.5, 0.6) is 0 Å². The number of rotatable bonds is 4. The molecule has 1 aliphatic rings. The molecule has 1 heterocycles. The number of hydrogen-bond acceptors (Lipinski definition) is 3. The van der Waals surface area contributed by atoms with Crippen molar-refractivity contribution in [2.45, 2.75) is 38.6 Å². The van der Waals surface area contributed by atoms with Gasteiger partial charge in [0.25, 0.3) is 11.8 Å². The van der Waals surface area contributed by atoms with Gasteiger partial charge < -0.3 is 10.6 Å². The third-order valence-electron chi connectivity index (χ3n) is 4.71. The first-order valence-electron chi connectivity index (χ1n) is 8.58. The zero-order valence-electron chi connectivity index (χ0n) is 14.3. The molecule has 0 aliphatic heterocycles. The lowest BCUT2D eigenvalue weighted by molar-refractivity contribution is 0.0903. The molecule has 2 aromatic rings. The van der Waals surface area contributed by atoms with E-state index >= 15 is 0 Å². The average molecular weight is 440 g/mol. The number of nitrogens with one attached hydrogen (secondary N) is 3. The summed E-state index contributed by atoms with van der Waals surface area (Å²) in [6, 6.07) is 6.90. The monoisotopic (exact) mass is 438 g/mol. The molecule has 3 N–H and O–H groups in total. The third kappa shape index (κ3) is 4.10. The fraction of sp³-hybridized carbons (Fsp3) is 0.389. The Bertz CT molecular complexity index is 823. The molecule has 138 valence electrons. The first-order chi connectivity index (χ1) is 12.5. The summed E-state index contributed by atoms with van der Waals surface area (Å²) < 4.78 is 0.416. The summed E-state index contributed by atoms with van der Waals surface area (Å²) in [4.78, 5) is 24.9. The minimum Gasteiger partial charge on any atom is -0.348 e. The van der Waals surface area contributed by atoms with Gasteiger partial charge in [0.2, 0.25) is 0 Å². The molecular weight excluding hydrogens is 420 g/mol. The molecule has 3 rings (SSSR count). The van der Waals surface area contributed by atoms with Crippen molar-refractivity contribution in [3.8, 4) is 0 Å². The van der Waals surface area contributed by atoms with Gasteiger partial charge in [-0.3, -0.25) is 14.7 Å². The summed E-state index contributed by atoms with van der Waals surface area (Å²) in [6.07, 6.45) is 4.42. The van der Waals surface area contributed by atoms with Gasteiger partial charge in [-0.05, 0) is 46.8 Å². The van der Waals surface area contributed by atoms with Crippen LogP contribution < -0.4 is 10.6 Å². The SMILES string of the molecule is CC1CCCCC1NC(=O)c1n[nH]c(NC(=O)c2ccccc2Cl)c1Br. The van der Waals surface area contributed by atoms with Crippen LogP contribution in [-0.4, -0.2) is 28.1 Å². The van der Waals surface area contributed by atoms with Gasteiger partial charge in [0.05, 0.1) is 15.1 Å². The molecule has 26 heavy (non-hydrogen) atoms. The van der Waals surface area contributed by atoms with Gasteiger partial charge >= 0.3 is 0 Å². The minimum absolute atomic E-state index is 0.154. The molecule has 1 fully saturated rings. The zero-order chi connectivity index (χ0) is 18.7. The molecule has 8 heteroatoms. The molecule has 1 aliphatic carbocycles. The van der Waals surface area contributed by atoms with Crippen molar-refractivity contribution in [1.82, 2.24) is 15.5 Å². The van der Waals surface area contributed by atoms with E-state index in [4.69, 9.17) is 11.6 Å². The number of anilines is 1. The molecule has 1 aromatic heterocycles. The lowest BCUT2D eigenvalue weighted by Gasteiger charge is -2.29. The van der Waals surface area contributed by atoms with Crippen LogP contribution in [0.1, 0.15) is 53.5 Å². The third-order valence-corrected chi connectivity index (χ3v) is 5.81. The molecular formula is C18H20BrClN4O2. The number of nitrogens with zero attached hydrogens (tertiary/aromatic N) is 1. The fourth-order valence-corrected chi connectivity index (χ4v) is 3.83. The second-order valence-electron chi connectivity index (χ2n) is 6.54. The molecule has 2 unspecified atom stereocenters. The summed E-state index contributed by atoms with van der Waals surface area (Å²) in [7, 11) is 0. The van der Waals surface area contributed by atoms with Crippen molar-refractivity contribution in [3.63, 3.8) is 0 Å². The number of carbonyl (C=O) groups is 2. The lowest BCUT2D eigenvalue weighted by Crippen LogP contribution is -2.41. The Labute approximate surface area is 165 Å². The van der Waals surface area contributed by atoms with Gasteiger partial charge in [-0.25, -0.2) is 0 Å². The maximum atomic E-state index is 12.5. The predicted octanol–water partition coefficient (Wildman–Crippen LogP) is 4.39. The molecule has 0 saturated heterocycles. The van der Waals surface area contributed by atoms with E-state index < -0.39 is 0 Å². The number of carbonyl (C=O) groups excluding carboxylic acids is 2. The maximum Gasteiger partial charge on any atom is 0.273 e. The summed E-state index contributed by atoms with van der Waals surface area (Å²) in [5.41, 5.74) is 0.565. The number of benzene rings is 1. The van der Waals surface area contributed by atoms with E-state index in [2.05, 4.69) is 43.7 Å². The van der Waals surface area contributed by atoms with Crippen molar-refractivity contribution in [3.05, 3.63) is 45.0 Å². The van der Waals surface area contributed by atoms with Crippen molar-refractivity contribution in [2.75, 3.05) is 5.32 Å². The molecule has 0 bridgehead atoms. The van der Waals surface area contributed by atoms with E-state index in [0.717, 1.165) is 19.3 Å². The Morgan fingerprint density at radius 3 is 2.69 bits per heavy atom. The molecule has 2 atom stereocenters. The molecule has 1 aromatic carbocycles. The largest absolute Gasteiger partial charge is 0.348 e. The van der Waals surface area contributed by atoms with Crippen molar-refractivity contribution < 1.29 is 9.59 Å². The lowest BCUT2D eigenvalue weighted by atomic mass is 9.86. The van der Waals surface area contributed by atoms with E-state index in [1.54, 1.807) is 24.3 Å². The van der Waals surface area contributed by atoms with Crippen LogP contribution in [0.25, 0.3) is 0 Å². The second kappa shape index (κ2) is 8.22. The van der Waals surface area contributed by atoms with E-state index in [1.807, 2.05) is 0 Å². The van der Waals surface area contributed by atoms with E-state index in [9.17, 15) is 9.59 Å². The van der Waals surface area contributed by atoms with Crippen LogP contribution >= 0.6 is 27.5 Å². The maximum absolute atomic E-state index is 12.5. The molecule has 1 saturated carbocycles. The number of hydrogen-bond donors (Lipinski definition) is 3. The van der Waals surface area contributed by atoms with Crippen molar-refractivity contribution in [1.29, 1.82) is 0 Å². The van der Waals surface area contributed by atoms with E-state index in [0.29, 0.717) is 26.8 Å². The predicted molar refractivity (Wildman–Crippen MR) is 105 cm³/mol. The van der Waals surface area contributed by atoms with Crippen LogP contribution in [0.2, 0.25) is 5.02 Å². The van der Waals surface area contributed by atoms with Crippen LogP contribution in [0.4, 0.5) is 5.82 Å². The molecule has 0 spiro atoms. The van der Waals surface area contributed by atoms with Gasteiger partial charge in [0.1, 0.15) is 5.82 Å². The average Bonchev–Trinajstić information content (AvgIpc) is 2.98.